The number of hydrogen-bond donors (Lipinski definition) is 0. The van der Waals surface area contributed by atoms with E-state index in [1.54, 1.807) is 0 Å². The molecule has 0 saturated carbocycles. The molecular formula is C45H18B10N4O. The molecule has 0 aliphatic heterocycles. The Balaban J connectivity index is 1.21. The topological polar surface area (TPSA) is 56.7 Å². The maximum Gasteiger partial charge on any atom is 0.164 e. The number of aromatic nitrogens is 4. The Bertz CT molecular complexity index is 3310. The van der Waals surface area contributed by atoms with Crippen LogP contribution in [0.15, 0.2) is 114 Å². The van der Waals surface area contributed by atoms with E-state index in [1.165, 1.54) is 0 Å². The summed E-state index contributed by atoms with van der Waals surface area (Å²) in [4.78, 5) is 14.5. The van der Waals surface area contributed by atoms with Crippen LogP contribution in [0.3, 0.4) is 0 Å². The van der Waals surface area contributed by atoms with Gasteiger partial charge in [-0.25, -0.2) is 15.0 Å². The van der Waals surface area contributed by atoms with Crippen LogP contribution in [0, 0.1) is 0 Å². The lowest BCUT2D eigenvalue weighted by molar-refractivity contribution is 0.668. The quantitative estimate of drug-likeness (QED) is 0.223. The Kier molecular flexibility index (Phi) is 9.02. The second kappa shape index (κ2) is 14.2. The Morgan fingerprint density at radius 1 is 0.383 bits per heavy atom. The number of fused-ring (bicyclic) bond motifs is 6. The minimum atomic E-state index is 0.00416. The molecule has 0 N–H and O–H groups in total. The molecule has 60 heavy (non-hydrogen) atoms. The lowest BCUT2D eigenvalue weighted by Gasteiger charge is -2.22. The first-order valence-corrected chi connectivity index (χ1v) is 18.8. The second-order valence-corrected chi connectivity index (χ2v) is 14.6. The molecule has 7 aromatic carbocycles. The molecule has 0 bridgehead atoms. The van der Waals surface area contributed by atoms with Crippen LogP contribution >= 0.6 is 0 Å². The van der Waals surface area contributed by atoms with Crippen molar-refractivity contribution in [3.63, 3.8) is 0 Å². The van der Waals surface area contributed by atoms with Crippen LogP contribution in [-0.2, 0) is 0 Å². The first-order valence-electron chi connectivity index (χ1n) is 18.8. The summed E-state index contributed by atoms with van der Waals surface area (Å²) in [6.07, 6.45) is 0. The highest BCUT2D eigenvalue weighted by Crippen LogP contribution is 2.39. The highest BCUT2D eigenvalue weighted by molar-refractivity contribution is 6.70. The van der Waals surface area contributed by atoms with Crippen molar-refractivity contribution < 1.29 is 4.42 Å². The largest absolute Gasteiger partial charge is 0.456 e. The summed E-state index contributed by atoms with van der Waals surface area (Å²) in [6, 6.07) is 37.0. The zero-order chi connectivity index (χ0) is 41.7. The van der Waals surface area contributed by atoms with Crippen LogP contribution in [0.5, 0.6) is 0 Å². The summed E-state index contributed by atoms with van der Waals surface area (Å²) in [6.45, 7) is 0. The molecule has 0 saturated heterocycles. The molecule has 15 heteroatoms. The molecule has 20 radical (unpaired) electrons. The van der Waals surface area contributed by atoms with Crippen molar-refractivity contribution in [1.82, 2.24) is 19.5 Å². The van der Waals surface area contributed by atoms with Gasteiger partial charge >= 0.3 is 0 Å². The van der Waals surface area contributed by atoms with Crippen molar-refractivity contribution in [3.05, 3.63) is 109 Å². The van der Waals surface area contributed by atoms with E-state index in [-0.39, 0.29) is 83.2 Å². The third-order valence-corrected chi connectivity index (χ3v) is 11.2. The number of hydrogen-bond acceptors (Lipinski definition) is 4. The second-order valence-electron chi connectivity index (χ2n) is 14.6. The van der Waals surface area contributed by atoms with Crippen LogP contribution in [0.25, 0.3) is 94.7 Å². The standard InChI is InChI=1S/C45H18B10N4O/c46-33-31(34(47)38(51)41(54)37(33)50)44-56-43(57-45(58-44)32-35(48)39(52)42(55)40(53)36(32)49)25-10-6-12-28-30(25)24-16-14-21(18-29(24)60-28)59-26-11-5-4-9-22(26)23-15-13-20(17-27(23)59)19-7-2-1-3-8-19/h1-18H. The van der Waals surface area contributed by atoms with E-state index in [9.17, 15) is 0 Å². The SMILES string of the molecule is [B]c1c([B])c([B])c(-c2nc(-c3c([B])c([B])c([B])c([B])c3[B])nc(-c3cccc4oc5cc(-n6c7ccccc7c7ccc(-c8ccccc8)cc76)ccc5c34)n2)c([B])c1[B]. The highest BCUT2D eigenvalue weighted by Gasteiger charge is 2.23. The fourth-order valence-electron chi connectivity index (χ4n) is 8.10. The van der Waals surface area contributed by atoms with Crippen LogP contribution in [0.4, 0.5) is 0 Å². The molecule has 3 heterocycles. The van der Waals surface area contributed by atoms with Gasteiger partial charge in [0.25, 0.3) is 0 Å². The number of rotatable bonds is 5. The lowest BCUT2D eigenvalue weighted by atomic mass is 9.60. The van der Waals surface area contributed by atoms with Crippen LogP contribution in [-0.4, -0.2) is 98.0 Å². The van der Waals surface area contributed by atoms with Crippen molar-refractivity contribution >= 4 is 177 Å². The smallest absolute Gasteiger partial charge is 0.164 e. The molecule has 254 valence electrons. The summed E-state index contributed by atoms with van der Waals surface area (Å²) >= 11 is 0. The first kappa shape index (κ1) is 38.0. The van der Waals surface area contributed by atoms with Crippen molar-refractivity contribution in [3.8, 4) is 51.0 Å². The van der Waals surface area contributed by atoms with E-state index in [2.05, 4.69) is 59.2 Å². The van der Waals surface area contributed by atoms with E-state index < -0.39 is 0 Å². The lowest BCUT2D eigenvalue weighted by Crippen LogP contribution is -2.55. The predicted molar refractivity (Wildman–Crippen MR) is 257 cm³/mol. The van der Waals surface area contributed by atoms with Crippen molar-refractivity contribution in [2.75, 3.05) is 0 Å². The van der Waals surface area contributed by atoms with E-state index in [4.69, 9.17) is 97.8 Å². The number of benzene rings is 7. The molecule has 0 atom stereocenters. The van der Waals surface area contributed by atoms with Gasteiger partial charge in [0.05, 0.1) is 11.0 Å². The van der Waals surface area contributed by atoms with E-state index in [0.717, 1.165) is 49.4 Å². The fourth-order valence-corrected chi connectivity index (χ4v) is 8.10. The van der Waals surface area contributed by atoms with Crippen molar-refractivity contribution in [2.24, 2.45) is 0 Å². The molecule has 0 aliphatic carbocycles. The zero-order valence-electron chi connectivity index (χ0n) is 31.9. The van der Waals surface area contributed by atoms with Gasteiger partial charge in [-0.2, -0.15) is 0 Å². The maximum absolute atomic E-state index is 6.61. The maximum atomic E-state index is 6.61. The predicted octanol–water partition coefficient (Wildman–Crippen LogP) is -0.526. The molecule has 0 fully saturated rings. The molecule has 0 spiro atoms. The van der Waals surface area contributed by atoms with E-state index >= 15 is 0 Å². The number of para-hydroxylation sites is 1. The first-order chi connectivity index (χ1) is 28.9. The van der Waals surface area contributed by atoms with Crippen LogP contribution < -0.4 is 54.6 Å². The van der Waals surface area contributed by atoms with Gasteiger partial charge in [-0.15, -0.1) is 32.8 Å². The Labute approximate surface area is 359 Å². The van der Waals surface area contributed by atoms with E-state index in [1.807, 2.05) is 54.6 Å². The molecule has 10 aromatic rings. The Morgan fingerprint density at radius 3 is 1.55 bits per heavy atom. The Morgan fingerprint density at radius 2 is 0.917 bits per heavy atom. The molecule has 0 unspecified atom stereocenters. The minimum absolute atomic E-state index is 0.00416. The van der Waals surface area contributed by atoms with Gasteiger partial charge in [0.1, 0.15) is 89.6 Å². The van der Waals surface area contributed by atoms with E-state index in [0.29, 0.717) is 16.7 Å². The molecule has 3 aromatic heterocycles. The van der Waals surface area contributed by atoms with Crippen molar-refractivity contribution in [1.29, 1.82) is 0 Å². The van der Waals surface area contributed by atoms with Gasteiger partial charge in [-0.3, -0.25) is 0 Å². The summed E-state index contributed by atoms with van der Waals surface area (Å²) in [5, 5.41) is 3.80. The Hall–Kier alpha value is -6.20. The number of furan rings is 1. The van der Waals surface area contributed by atoms with Gasteiger partial charge in [0.15, 0.2) is 17.5 Å². The molecule has 0 aliphatic rings. The van der Waals surface area contributed by atoms with Gasteiger partial charge in [0.2, 0.25) is 0 Å². The monoisotopic (exact) mass is 740 g/mol. The third-order valence-electron chi connectivity index (χ3n) is 11.2. The summed E-state index contributed by atoms with van der Waals surface area (Å²) in [5.41, 5.74) is 7.50. The molecule has 5 nitrogen and oxygen atoms in total. The fraction of sp³-hybridized carbons (Fsp3) is 0. The average Bonchev–Trinajstić information content (AvgIpc) is 3.81. The average molecular weight is 739 g/mol. The van der Waals surface area contributed by atoms with Gasteiger partial charge in [-0.05, 0) is 41.5 Å². The molecule has 10 rings (SSSR count). The molecular weight excluding hydrogens is 721 g/mol. The van der Waals surface area contributed by atoms with Gasteiger partial charge in [-0.1, -0.05) is 94.6 Å². The normalized spacial score (nSPS) is 11.7. The van der Waals surface area contributed by atoms with Crippen LogP contribution in [0.1, 0.15) is 0 Å². The zero-order valence-corrected chi connectivity index (χ0v) is 31.9. The van der Waals surface area contributed by atoms with Gasteiger partial charge < -0.3 is 8.98 Å². The van der Waals surface area contributed by atoms with Gasteiger partial charge in [0, 0.05) is 50.0 Å². The van der Waals surface area contributed by atoms with Crippen molar-refractivity contribution in [2.45, 2.75) is 0 Å². The molecule has 0 amide bonds. The van der Waals surface area contributed by atoms with Crippen LogP contribution in [0.2, 0.25) is 0 Å². The third kappa shape index (κ3) is 5.73. The number of nitrogens with zero attached hydrogens (tertiary/aromatic N) is 4. The summed E-state index contributed by atoms with van der Waals surface area (Å²) < 4.78 is 8.86. The highest BCUT2D eigenvalue weighted by atomic mass is 16.3. The summed E-state index contributed by atoms with van der Waals surface area (Å²) in [5.74, 6) is 0.192. The minimum Gasteiger partial charge on any atom is -0.456 e. The summed E-state index contributed by atoms with van der Waals surface area (Å²) in [7, 11) is 63.6.